The Morgan fingerprint density at radius 3 is 2.42 bits per heavy atom. The lowest BCUT2D eigenvalue weighted by molar-refractivity contribution is 0.0698. The van der Waals surface area contributed by atoms with Gasteiger partial charge < -0.3 is 20.1 Å². The molecule has 3 aromatic rings. The van der Waals surface area contributed by atoms with Crippen LogP contribution in [0.5, 0.6) is 5.75 Å². The smallest absolute Gasteiger partial charge is 0.337 e. The number of carboxylic acids is 1. The quantitative estimate of drug-likeness (QED) is 0.411. The van der Waals surface area contributed by atoms with Crippen molar-refractivity contribution in [3.05, 3.63) is 87.9 Å². The second kappa shape index (κ2) is 10.5. The van der Waals surface area contributed by atoms with Gasteiger partial charge in [0.25, 0.3) is 5.91 Å². The van der Waals surface area contributed by atoms with Crippen LogP contribution in [0.15, 0.2) is 71.2 Å². The number of anilines is 2. The number of benzene rings is 3. The van der Waals surface area contributed by atoms with Gasteiger partial charge in [-0.05, 0) is 61.2 Å². The summed E-state index contributed by atoms with van der Waals surface area (Å²) in [7, 11) is 0. The van der Waals surface area contributed by atoms with Gasteiger partial charge in [-0.15, -0.1) is 0 Å². The molecular weight excluding hydrogens is 484 g/mol. The number of hydrogen-bond donors (Lipinski definition) is 2. The SMILES string of the molecule is O=C(O)c1ccc(Br)cc1NC(=O)c1cc(N2CCCCC2)ccc1OCc1ccccc1. The van der Waals surface area contributed by atoms with Crippen LogP contribution >= 0.6 is 15.9 Å². The van der Waals surface area contributed by atoms with Gasteiger partial charge in [0.1, 0.15) is 12.4 Å². The Hall–Kier alpha value is -3.32. The summed E-state index contributed by atoms with van der Waals surface area (Å²) in [6, 6.07) is 20.0. The van der Waals surface area contributed by atoms with E-state index in [9.17, 15) is 14.7 Å². The molecule has 7 heteroatoms. The molecule has 170 valence electrons. The molecule has 1 saturated heterocycles. The van der Waals surface area contributed by atoms with E-state index in [-0.39, 0.29) is 11.3 Å². The number of amides is 1. The minimum atomic E-state index is -1.11. The summed E-state index contributed by atoms with van der Waals surface area (Å²) in [6.45, 7) is 2.21. The van der Waals surface area contributed by atoms with Crippen molar-refractivity contribution < 1.29 is 19.4 Å². The lowest BCUT2D eigenvalue weighted by Gasteiger charge is -2.29. The zero-order valence-corrected chi connectivity index (χ0v) is 19.7. The van der Waals surface area contributed by atoms with Crippen molar-refractivity contribution in [2.45, 2.75) is 25.9 Å². The molecule has 4 rings (SSSR count). The fourth-order valence-electron chi connectivity index (χ4n) is 3.90. The van der Waals surface area contributed by atoms with Crippen LogP contribution in [0.2, 0.25) is 0 Å². The van der Waals surface area contributed by atoms with Gasteiger partial charge in [0, 0.05) is 23.2 Å². The first-order valence-electron chi connectivity index (χ1n) is 10.9. The molecule has 0 atom stereocenters. The van der Waals surface area contributed by atoms with Crippen molar-refractivity contribution in [1.29, 1.82) is 0 Å². The van der Waals surface area contributed by atoms with E-state index in [1.54, 1.807) is 12.1 Å². The molecule has 1 heterocycles. The number of ether oxygens (including phenoxy) is 1. The van der Waals surface area contributed by atoms with Crippen molar-refractivity contribution in [3.8, 4) is 5.75 Å². The van der Waals surface area contributed by atoms with Gasteiger partial charge in [-0.3, -0.25) is 4.79 Å². The third-order valence-electron chi connectivity index (χ3n) is 5.63. The molecule has 6 nitrogen and oxygen atoms in total. The number of nitrogens with zero attached hydrogens (tertiary/aromatic N) is 1. The first-order chi connectivity index (χ1) is 16.0. The number of carboxylic acid groups (broad SMARTS) is 1. The lowest BCUT2D eigenvalue weighted by atomic mass is 10.1. The van der Waals surface area contributed by atoms with Crippen molar-refractivity contribution >= 4 is 39.2 Å². The van der Waals surface area contributed by atoms with E-state index in [1.165, 1.54) is 12.5 Å². The van der Waals surface area contributed by atoms with Crippen molar-refractivity contribution in [3.63, 3.8) is 0 Å². The number of halogens is 1. The van der Waals surface area contributed by atoms with E-state index < -0.39 is 11.9 Å². The Kier molecular flexibility index (Phi) is 7.29. The second-order valence-electron chi connectivity index (χ2n) is 7.95. The standard InChI is InChI=1S/C26H25BrN2O4/c27-19-9-11-21(26(31)32)23(15-19)28-25(30)22-16-20(29-13-5-2-6-14-29)10-12-24(22)33-17-18-7-3-1-4-8-18/h1,3-4,7-12,15-16H,2,5-6,13-14,17H2,(H,28,30)(H,31,32). The van der Waals surface area contributed by atoms with Gasteiger partial charge in [0.15, 0.2) is 0 Å². The predicted molar refractivity (Wildman–Crippen MR) is 132 cm³/mol. The highest BCUT2D eigenvalue weighted by Crippen LogP contribution is 2.30. The first-order valence-corrected chi connectivity index (χ1v) is 11.7. The lowest BCUT2D eigenvalue weighted by Crippen LogP contribution is -2.29. The Labute approximate surface area is 201 Å². The summed E-state index contributed by atoms with van der Waals surface area (Å²) in [5.74, 6) is -1.08. The maximum atomic E-state index is 13.3. The molecule has 0 aliphatic carbocycles. The highest BCUT2D eigenvalue weighted by Gasteiger charge is 2.20. The molecule has 0 aromatic heterocycles. The van der Waals surface area contributed by atoms with Crippen molar-refractivity contribution in [2.75, 3.05) is 23.3 Å². The Morgan fingerprint density at radius 2 is 1.70 bits per heavy atom. The largest absolute Gasteiger partial charge is 0.488 e. The maximum absolute atomic E-state index is 13.3. The van der Waals surface area contributed by atoms with Crippen LogP contribution in [0.4, 0.5) is 11.4 Å². The average molecular weight is 509 g/mol. The number of nitrogens with one attached hydrogen (secondary N) is 1. The van der Waals surface area contributed by atoms with E-state index in [4.69, 9.17) is 4.74 Å². The molecule has 1 amide bonds. The molecule has 0 unspecified atom stereocenters. The number of carbonyl (C=O) groups is 2. The highest BCUT2D eigenvalue weighted by molar-refractivity contribution is 9.10. The number of carbonyl (C=O) groups excluding carboxylic acids is 1. The number of hydrogen-bond acceptors (Lipinski definition) is 4. The third-order valence-corrected chi connectivity index (χ3v) is 6.12. The molecule has 0 bridgehead atoms. The molecule has 0 spiro atoms. The number of aromatic carboxylic acids is 1. The van der Waals surface area contributed by atoms with Crippen LogP contribution in [0.3, 0.4) is 0 Å². The van der Waals surface area contributed by atoms with E-state index in [2.05, 4.69) is 26.1 Å². The topological polar surface area (TPSA) is 78.9 Å². The highest BCUT2D eigenvalue weighted by atomic mass is 79.9. The van der Waals surface area contributed by atoms with Gasteiger partial charge in [0.2, 0.25) is 0 Å². The van der Waals surface area contributed by atoms with Crippen molar-refractivity contribution in [1.82, 2.24) is 0 Å². The van der Waals surface area contributed by atoms with Crippen LogP contribution in [0.1, 0.15) is 45.5 Å². The van der Waals surface area contributed by atoms with Gasteiger partial charge >= 0.3 is 5.97 Å². The molecular formula is C26H25BrN2O4. The van der Waals surface area contributed by atoms with Gasteiger partial charge in [0.05, 0.1) is 16.8 Å². The van der Waals surface area contributed by atoms with E-state index in [0.29, 0.717) is 22.4 Å². The van der Waals surface area contributed by atoms with Crippen LogP contribution < -0.4 is 15.0 Å². The summed E-state index contributed by atoms with van der Waals surface area (Å²) < 4.78 is 6.69. The van der Waals surface area contributed by atoms with Crippen LogP contribution in [-0.4, -0.2) is 30.1 Å². The number of rotatable bonds is 7. The van der Waals surface area contributed by atoms with Gasteiger partial charge in [-0.25, -0.2) is 4.79 Å². The van der Waals surface area contributed by atoms with E-state index >= 15 is 0 Å². The zero-order chi connectivity index (χ0) is 23.2. The fourth-order valence-corrected chi connectivity index (χ4v) is 4.26. The van der Waals surface area contributed by atoms with Crippen LogP contribution in [0.25, 0.3) is 0 Å². The molecule has 2 N–H and O–H groups in total. The summed E-state index contributed by atoms with van der Waals surface area (Å²) in [5.41, 5.74) is 2.55. The minimum absolute atomic E-state index is 0.0190. The first kappa shape index (κ1) is 22.9. The summed E-state index contributed by atoms with van der Waals surface area (Å²) >= 11 is 3.34. The molecule has 3 aromatic carbocycles. The van der Waals surface area contributed by atoms with Gasteiger partial charge in [-0.1, -0.05) is 46.3 Å². The normalized spacial score (nSPS) is 13.4. The third kappa shape index (κ3) is 5.73. The minimum Gasteiger partial charge on any atom is -0.488 e. The van der Waals surface area contributed by atoms with Crippen LogP contribution in [-0.2, 0) is 6.61 Å². The molecule has 1 aliphatic heterocycles. The summed E-state index contributed by atoms with van der Waals surface area (Å²) in [5, 5.41) is 12.3. The second-order valence-corrected chi connectivity index (χ2v) is 8.87. The molecule has 1 aliphatic rings. The van der Waals surface area contributed by atoms with Crippen molar-refractivity contribution in [2.24, 2.45) is 0 Å². The molecule has 33 heavy (non-hydrogen) atoms. The van der Waals surface area contributed by atoms with Crippen LogP contribution in [0, 0.1) is 0 Å². The Bertz CT molecular complexity index is 1140. The zero-order valence-electron chi connectivity index (χ0n) is 18.1. The Balaban J connectivity index is 1.65. The van der Waals surface area contributed by atoms with E-state index in [1.807, 2.05) is 48.5 Å². The monoisotopic (exact) mass is 508 g/mol. The fraction of sp³-hybridized carbons (Fsp3) is 0.231. The van der Waals surface area contributed by atoms with E-state index in [0.717, 1.165) is 37.2 Å². The summed E-state index contributed by atoms with van der Waals surface area (Å²) in [4.78, 5) is 27.3. The molecule has 0 radical (unpaired) electrons. The Morgan fingerprint density at radius 1 is 0.939 bits per heavy atom. The predicted octanol–water partition coefficient (Wildman–Crippen LogP) is 5.97. The maximum Gasteiger partial charge on any atom is 0.337 e. The molecule has 0 saturated carbocycles. The average Bonchev–Trinajstić information content (AvgIpc) is 2.83. The number of piperidine rings is 1. The molecule has 1 fully saturated rings. The summed E-state index contributed by atoms with van der Waals surface area (Å²) in [6.07, 6.45) is 3.45. The van der Waals surface area contributed by atoms with Gasteiger partial charge in [-0.2, -0.15) is 0 Å².